The van der Waals surface area contributed by atoms with Gasteiger partial charge in [-0.05, 0) is 73.2 Å². The van der Waals surface area contributed by atoms with Gasteiger partial charge in [-0.1, -0.05) is 62.2 Å². The van der Waals surface area contributed by atoms with Crippen molar-refractivity contribution >= 4 is 16.9 Å². The second-order valence-electron chi connectivity index (χ2n) is 9.87. The fourth-order valence-corrected chi connectivity index (χ4v) is 5.04. The number of unbranched alkanes of at least 4 members (excludes halogenated alkanes) is 2. The van der Waals surface area contributed by atoms with Crippen molar-refractivity contribution < 1.29 is 13.9 Å². The summed E-state index contributed by atoms with van der Waals surface area (Å²) in [6, 6.07) is 21.1. The molecular formula is C32H33NO4. The maximum atomic E-state index is 13.8. The molecule has 1 unspecified atom stereocenters. The molecule has 0 spiro atoms. The molecule has 3 aromatic carbocycles. The molecule has 0 aliphatic carbocycles. The maximum Gasteiger partial charge on any atom is 0.290 e. The van der Waals surface area contributed by atoms with Crippen molar-refractivity contribution in [1.29, 1.82) is 0 Å². The molecule has 1 aliphatic heterocycles. The van der Waals surface area contributed by atoms with Gasteiger partial charge in [-0.25, -0.2) is 0 Å². The Kier molecular flexibility index (Phi) is 7.13. The number of benzene rings is 3. The van der Waals surface area contributed by atoms with Crippen LogP contribution < -0.4 is 10.2 Å². The van der Waals surface area contributed by atoms with Crippen LogP contribution in [0.15, 0.2) is 75.9 Å². The summed E-state index contributed by atoms with van der Waals surface area (Å²) < 4.78 is 12.0. The van der Waals surface area contributed by atoms with Gasteiger partial charge in [-0.15, -0.1) is 0 Å². The van der Waals surface area contributed by atoms with Crippen LogP contribution in [0.5, 0.6) is 5.75 Å². The van der Waals surface area contributed by atoms with E-state index in [4.69, 9.17) is 9.15 Å². The first-order valence-corrected chi connectivity index (χ1v) is 13.1. The van der Waals surface area contributed by atoms with Crippen molar-refractivity contribution in [3.8, 4) is 5.75 Å². The van der Waals surface area contributed by atoms with E-state index in [2.05, 4.69) is 19.1 Å². The first-order valence-electron chi connectivity index (χ1n) is 13.1. The molecule has 0 saturated heterocycles. The molecule has 1 amide bonds. The van der Waals surface area contributed by atoms with Crippen LogP contribution in [-0.4, -0.2) is 24.0 Å². The monoisotopic (exact) mass is 495 g/mol. The van der Waals surface area contributed by atoms with Crippen molar-refractivity contribution in [1.82, 2.24) is 4.90 Å². The lowest BCUT2D eigenvalue weighted by molar-refractivity contribution is 0.0730. The maximum absolute atomic E-state index is 13.8. The Bertz CT molecular complexity index is 1470. The Morgan fingerprint density at radius 3 is 2.38 bits per heavy atom. The molecule has 190 valence electrons. The minimum absolute atomic E-state index is 0.139. The van der Waals surface area contributed by atoms with Crippen LogP contribution in [0.2, 0.25) is 0 Å². The van der Waals surface area contributed by atoms with E-state index in [1.54, 1.807) is 4.90 Å². The lowest BCUT2D eigenvalue weighted by atomic mass is 9.97. The Labute approximate surface area is 217 Å². The van der Waals surface area contributed by atoms with Crippen LogP contribution in [0.4, 0.5) is 0 Å². The van der Waals surface area contributed by atoms with Crippen LogP contribution in [-0.2, 0) is 6.42 Å². The summed E-state index contributed by atoms with van der Waals surface area (Å²) in [7, 11) is 0. The third kappa shape index (κ3) is 4.91. The molecule has 5 heteroatoms. The molecule has 4 aromatic rings. The lowest BCUT2D eigenvalue weighted by Crippen LogP contribution is -2.31. The van der Waals surface area contributed by atoms with Crippen molar-refractivity contribution in [2.24, 2.45) is 0 Å². The van der Waals surface area contributed by atoms with Gasteiger partial charge in [0.25, 0.3) is 5.91 Å². The van der Waals surface area contributed by atoms with Gasteiger partial charge >= 0.3 is 0 Å². The fourth-order valence-electron chi connectivity index (χ4n) is 5.04. The molecule has 37 heavy (non-hydrogen) atoms. The number of hydrogen-bond acceptors (Lipinski definition) is 4. The van der Waals surface area contributed by atoms with Crippen molar-refractivity contribution in [3.63, 3.8) is 0 Å². The average molecular weight is 496 g/mol. The minimum atomic E-state index is -0.511. The van der Waals surface area contributed by atoms with Crippen molar-refractivity contribution in [2.75, 3.05) is 13.2 Å². The van der Waals surface area contributed by atoms with Crippen molar-refractivity contribution in [3.05, 3.63) is 111 Å². The van der Waals surface area contributed by atoms with Crippen molar-refractivity contribution in [2.45, 2.75) is 52.5 Å². The third-order valence-electron chi connectivity index (χ3n) is 7.28. The van der Waals surface area contributed by atoms with Crippen LogP contribution in [0.1, 0.15) is 70.6 Å². The summed E-state index contributed by atoms with van der Waals surface area (Å²) in [6.45, 7) is 7.28. The van der Waals surface area contributed by atoms with Gasteiger partial charge in [0.2, 0.25) is 5.76 Å². The zero-order chi connectivity index (χ0) is 25.9. The Morgan fingerprint density at radius 2 is 1.65 bits per heavy atom. The number of amides is 1. The molecule has 0 bridgehead atoms. The molecule has 5 rings (SSSR count). The van der Waals surface area contributed by atoms with Gasteiger partial charge in [0.15, 0.2) is 5.43 Å². The van der Waals surface area contributed by atoms with Gasteiger partial charge in [-0.2, -0.15) is 0 Å². The number of aryl methyl sites for hydroxylation is 2. The van der Waals surface area contributed by atoms with E-state index in [9.17, 15) is 9.59 Å². The summed E-state index contributed by atoms with van der Waals surface area (Å²) in [6.07, 6.45) is 3.98. The van der Waals surface area contributed by atoms with E-state index < -0.39 is 6.04 Å². The Balaban J connectivity index is 1.54. The second-order valence-corrected chi connectivity index (χ2v) is 9.87. The molecule has 5 nitrogen and oxygen atoms in total. The molecule has 0 saturated carbocycles. The van der Waals surface area contributed by atoms with Crippen LogP contribution in [0.3, 0.4) is 0 Å². The lowest BCUT2D eigenvalue weighted by Gasteiger charge is -2.25. The van der Waals surface area contributed by atoms with E-state index in [0.717, 1.165) is 47.3 Å². The predicted molar refractivity (Wildman–Crippen MR) is 146 cm³/mol. The molecular weight excluding hydrogens is 462 g/mol. The number of nitrogens with zero attached hydrogens (tertiary/aromatic N) is 1. The number of ether oxygens (including phenoxy) is 1. The van der Waals surface area contributed by atoms with Gasteiger partial charge in [-0.3, -0.25) is 9.59 Å². The highest BCUT2D eigenvalue weighted by molar-refractivity contribution is 5.99. The van der Waals surface area contributed by atoms with E-state index in [-0.39, 0.29) is 17.1 Å². The highest BCUT2D eigenvalue weighted by Crippen LogP contribution is 2.39. The summed E-state index contributed by atoms with van der Waals surface area (Å²) in [5, 5.41) is 0.514. The topological polar surface area (TPSA) is 59.8 Å². The Morgan fingerprint density at radius 1 is 0.919 bits per heavy atom. The fraction of sp³-hybridized carbons (Fsp3) is 0.312. The first-order chi connectivity index (χ1) is 18.0. The highest BCUT2D eigenvalue weighted by Gasteiger charge is 2.42. The van der Waals surface area contributed by atoms with Gasteiger partial charge in [0.1, 0.15) is 11.3 Å². The van der Waals surface area contributed by atoms with E-state index in [0.29, 0.717) is 36.1 Å². The van der Waals surface area contributed by atoms with Crippen LogP contribution >= 0.6 is 0 Å². The van der Waals surface area contributed by atoms with Crippen LogP contribution in [0, 0.1) is 13.8 Å². The molecule has 0 radical (unpaired) electrons. The van der Waals surface area contributed by atoms with E-state index >= 15 is 0 Å². The Hall–Kier alpha value is -3.86. The number of fused-ring (bicyclic) bond motifs is 2. The van der Waals surface area contributed by atoms with Gasteiger partial charge in [0, 0.05) is 6.54 Å². The zero-order valence-corrected chi connectivity index (χ0v) is 21.8. The largest absolute Gasteiger partial charge is 0.494 e. The number of carbonyl (C=O) groups excluding carboxylic acids is 1. The average Bonchev–Trinajstić information content (AvgIpc) is 3.19. The molecule has 0 N–H and O–H groups in total. The summed E-state index contributed by atoms with van der Waals surface area (Å²) >= 11 is 0. The molecule has 1 atom stereocenters. The van der Waals surface area contributed by atoms with Crippen LogP contribution in [0.25, 0.3) is 11.0 Å². The van der Waals surface area contributed by atoms with Gasteiger partial charge in [0.05, 0.1) is 23.6 Å². The summed E-state index contributed by atoms with van der Waals surface area (Å²) in [4.78, 5) is 29.3. The van der Waals surface area contributed by atoms with E-state index in [1.165, 1.54) is 0 Å². The summed E-state index contributed by atoms with van der Waals surface area (Å²) in [5.74, 6) is 0.698. The number of hydrogen-bond donors (Lipinski definition) is 0. The quantitative estimate of drug-likeness (QED) is 0.241. The number of carbonyl (C=O) groups is 1. The molecule has 1 aromatic heterocycles. The zero-order valence-electron chi connectivity index (χ0n) is 21.8. The van der Waals surface area contributed by atoms with E-state index in [1.807, 2.05) is 68.4 Å². The normalized spacial score (nSPS) is 14.8. The molecule has 1 aliphatic rings. The standard InChI is InChI=1S/C32H33NO4/c1-4-5-9-18-36-25-14-12-24(13-15-25)29-28-30(34)26-19-21(2)22(3)20-27(26)37-31(28)32(35)33(29)17-16-23-10-7-6-8-11-23/h6-8,10-15,19-20,29H,4-5,9,16-18H2,1-3H3. The highest BCUT2D eigenvalue weighted by atomic mass is 16.5. The third-order valence-corrected chi connectivity index (χ3v) is 7.28. The number of rotatable bonds is 9. The molecule has 2 heterocycles. The summed E-state index contributed by atoms with van der Waals surface area (Å²) in [5.41, 5.74) is 4.79. The minimum Gasteiger partial charge on any atom is -0.494 e. The SMILES string of the molecule is CCCCCOc1ccc(C2c3c(oc4cc(C)c(C)cc4c3=O)C(=O)N2CCc2ccccc2)cc1. The first kappa shape index (κ1) is 24.8. The second kappa shape index (κ2) is 10.6. The smallest absolute Gasteiger partial charge is 0.290 e. The predicted octanol–water partition coefficient (Wildman–Crippen LogP) is 6.77. The molecule has 0 fully saturated rings. The van der Waals surface area contributed by atoms with Gasteiger partial charge < -0.3 is 14.1 Å².